The molecule has 98 valence electrons. The number of nitrogens with one attached hydrogen (secondary N) is 2. The normalized spacial score (nSPS) is 12.9. The molecule has 0 aromatic heterocycles. The highest BCUT2D eigenvalue weighted by molar-refractivity contribution is 6.33. The number of amides is 2. The van der Waals surface area contributed by atoms with Crippen LogP contribution in [0, 0.1) is 0 Å². The third kappa shape index (κ3) is 3.81. The Morgan fingerprint density at radius 1 is 1.56 bits per heavy atom. The number of amidine groups is 1. The van der Waals surface area contributed by atoms with Gasteiger partial charge in [-0.2, -0.15) is 0 Å². The molecular formula is C11H15ClN4O2. The predicted molar refractivity (Wildman–Crippen MR) is 71.1 cm³/mol. The van der Waals surface area contributed by atoms with Crippen LogP contribution in [0.25, 0.3) is 0 Å². The largest absolute Gasteiger partial charge is 0.409 e. The fraction of sp³-hybridized carbons (Fsp3) is 0.273. The van der Waals surface area contributed by atoms with E-state index < -0.39 is 12.1 Å². The molecule has 0 bridgehead atoms. The number of hydrogen-bond acceptors (Lipinski definition) is 3. The van der Waals surface area contributed by atoms with Crippen LogP contribution in [0.3, 0.4) is 0 Å². The summed E-state index contributed by atoms with van der Waals surface area (Å²) in [6, 6.07) is 5.85. The number of oxime groups is 1. The zero-order valence-electron chi connectivity index (χ0n) is 9.85. The molecule has 0 saturated carbocycles. The van der Waals surface area contributed by atoms with Crippen molar-refractivity contribution in [1.82, 2.24) is 5.32 Å². The summed E-state index contributed by atoms with van der Waals surface area (Å²) in [5, 5.41) is 17.0. The van der Waals surface area contributed by atoms with E-state index >= 15 is 0 Å². The Labute approximate surface area is 110 Å². The molecule has 7 heteroatoms. The highest BCUT2D eigenvalue weighted by Crippen LogP contribution is 2.20. The third-order valence-corrected chi connectivity index (χ3v) is 2.64. The number of nitrogens with zero attached hydrogens (tertiary/aromatic N) is 1. The Morgan fingerprint density at radius 3 is 2.78 bits per heavy atom. The molecular weight excluding hydrogens is 256 g/mol. The van der Waals surface area contributed by atoms with Crippen molar-refractivity contribution in [3.63, 3.8) is 0 Å². The smallest absolute Gasteiger partial charge is 0.319 e. The van der Waals surface area contributed by atoms with Crippen molar-refractivity contribution in [2.24, 2.45) is 10.9 Å². The Balaban J connectivity index is 2.64. The van der Waals surface area contributed by atoms with Gasteiger partial charge in [-0.3, -0.25) is 0 Å². The molecule has 0 saturated heterocycles. The molecule has 1 aromatic rings. The van der Waals surface area contributed by atoms with Crippen LogP contribution in [0.4, 0.5) is 10.5 Å². The van der Waals surface area contributed by atoms with Crippen molar-refractivity contribution in [3.05, 3.63) is 29.3 Å². The summed E-state index contributed by atoms with van der Waals surface area (Å²) in [5.41, 5.74) is 5.92. The molecule has 0 aliphatic heterocycles. The summed E-state index contributed by atoms with van der Waals surface area (Å²) in [5.74, 6) is -0.0493. The lowest BCUT2D eigenvalue weighted by Crippen LogP contribution is -2.45. The number of carbonyl (C=O) groups excluding carboxylic acids is 1. The van der Waals surface area contributed by atoms with Crippen LogP contribution in [0.15, 0.2) is 29.4 Å². The van der Waals surface area contributed by atoms with Gasteiger partial charge in [-0.1, -0.05) is 35.8 Å². The van der Waals surface area contributed by atoms with Crippen molar-refractivity contribution in [2.45, 2.75) is 19.4 Å². The van der Waals surface area contributed by atoms with Gasteiger partial charge in [-0.05, 0) is 18.6 Å². The van der Waals surface area contributed by atoms with Crippen LogP contribution >= 0.6 is 11.6 Å². The summed E-state index contributed by atoms with van der Waals surface area (Å²) in [6.07, 6.45) is 0.506. The monoisotopic (exact) mass is 270 g/mol. The minimum Gasteiger partial charge on any atom is -0.409 e. The van der Waals surface area contributed by atoms with Gasteiger partial charge in [-0.15, -0.1) is 0 Å². The molecule has 0 aliphatic rings. The van der Waals surface area contributed by atoms with Gasteiger partial charge in [0.05, 0.1) is 16.8 Å². The molecule has 0 heterocycles. The quantitative estimate of drug-likeness (QED) is 0.291. The number of anilines is 1. The second-order valence-corrected chi connectivity index (χ2v) is 3.97. The average molecular weight is 271 g/mol. The first-order valence-electron chi connectivity index (χ1n) is 5.38. The first-order valence-corrected chi connectivity index (χ1v) is 5.75. The van der Waals surface area contributed by atoms with Crippen LogP contribution in [-0.4, -0.2) is 23.1 Å². The molecule has 0 fully saturated rings. The molecule has 1 rings (SSSR count). The summed E-state index contributed by atoms with van der Waals surface area (Å²) in [7, 11) is 0. The van der Waals surface area contributed by atoms with E-state index in [1.165, 1.54) is 0 Å². The summed E-state index contributed by atoms with van der Waals surface area (Å²) >= 11 is 5.90. The third-order valence-electron chi connectivity index (χ3n) is 2.31. The standard InChI is InChI=1S/C11H15ClN4O2/c1-2-8(10(13)16-18)14-11(17)15-9-6-4-3-5-7(9)12/h3-6,8,18H,2H2,1H3,(H2,13,16)(H2,14,15,17). The Hall–Kier alpha value is -1.95. The number of nitrogens with two attached hydrogens (primary N) is 1. The molecule has 6 nitrogen and oxygen atoms in total. The van der Waals surface area contributed by atoms with E-state index in [9.17, 15) is 4.79 Å². The van der Waals surface area contributed by atoms with Gasteiger partial charge in [0.2, 0.25) is 0 Å². The van der Waals surface area contributed by atoms with E-state index in [0.717, 1.165) is 0 Å². The number of urea groups is 1. The van der Waals surface area contributed by atoms with Crippen molar-refractivity contribution >= 4 is 29.2 Å². The number of para-hydroxylation sites is 1. The number of benzene rings is 1. The van der Waals surface area contributed by atoms with Gasteiger partial charge < -0.3 is 21.6 Å². The van der Waals surface area contributed by atoms with E-state index in [1.54, 1.807) is 31.2 Å². The SMILES string of the molecule is CCC(NC(=O)Nc1ccccc1Cl)/C(N)=N/O. The van der Waals surface area contributed by atoms with Crippen molar-refractivity contribution in [1.29, 1.82) is 0 Å². The van der Waals surface area contributed by atoms with Crippen LogP contribution in [0.5, 0.6) is 0 Å². The Bertz CT molecular complexity index is 450. The second kappa shape index (κ2) is 6.70. The molecule has 18 heavy (non-hydrogen) atoms. The topological polar surface area (TPSA) is 99.7 Å². The minimum atomic E-state index is -0.530. The van der Waals surface area contributed by atoms with E-state index in [4.69, 9.17) is 22.5 Å². The number of rotatable bonds is 4. The summed E-state index contributed by atoms with van der Waals surface area (Å²) < 4.78 is 0. The number of carbonyl (C=O) groups is 1. The van der Waals surface area contributed by atoms with Crippen molar-refractivity contribution < 1.29 is 10.0 Å². The van der Waals surface area contributed by atoms with Gasteiger partial charge in [0.1, 0.15) is 0 Å². The maximum absolute atomic E-state index is 11.7. The van der Waals surface area contributed by atoms with E-state index in [2.05, 4.69) is 15.8 Å². The van der Waals surface area contributed by atoms with E-state index in [0.29, 0.717) is 17.1 Å². The molecule has 0 radical (unpaired) electrons. The van der Waals surface area contributed by atoms with Crippen molar-refractivity contribution in [2.75, 3.05) is 5.32 Å². The maximum Gasteiger partial charge on any atom is 0.319 e. The summed E-state index contributed by atoms with van der Waals surface area (Å²) in [4.78, 5) is 11.7. The lowest BCUT2D eigenvalue weighted by molar-refractivity contribution is 0.250. The molecule has 1 unspecified atom stereocenters. The van der Waals surface area contributed by atoms with Crippen LogP contribution in [0.1, 0.15) is 13.3 Å². The minimum absolute atomic E-state index is 0.0493. The lowest BCUT2D eigenvalue weighted by Gasteiger charge is -2.16. The zero-order valence-corrected chi connectivity index (χ0v) is 10.6. The molecule has 5 N–H and O–H groups in total. The lowest BCUT2D eigenvalue weighted by atomic mass is 10.2. The van der Waals surface area contributed by atoms with Gasteiger partial charge in [0.15, 0.2) is 5.84 Å². The first-order chi connectivity index (χ1) is 8.58. The highest BCUT2D eigenvalue weighted by Gasteiger charge is 2.15. The maximum atomic E-state index is 11.7. The molecule has 0 spiro atoms. The van der Waals surface area contributed by atoms with Gasteiger partial charge >= 0.3 is 6.03 Å². The average Bonchev–Trinajstić information content (AvgIpc) is 2.37. The van der Waals surface area contributed by atoms with E-state index in [1.807, 2.05) is 0 Å². The van der Waals surface area contributed by atoms with Crippen LogP contribution in [-0.2, 0) is 0 Å². The second-order valence-electron chi connectivity index (χ2n) is 3.56. The van der Waals surface area contributed by atoms with Gasteiger partial charge in [-0.25, -0.2) is 4.79 Å². The van der Waals surface area contributed by atoms with E-state index in [-0.39, 0.29) is 5.84 Å². The fourth-order valence-corrected chi connectivity index (χ4v) is 1.52. The predicted octanol–water partition coefficient (Wildman–Crippen LogP) is 1.99. The first kappa shape index (κ1) is 14.1. The fourth-order valence-electron chi connectivity index (χ4n) is 1.33. The highest BCUT2D eigenvalue weighted by atomic mass is 35.5. The van der Waals surface area contributed by atoms with Gasteiger partial charge in [0.25, 0.3) is 0 Å². The number of hydrogen-bond donors (Lipinski definition) is 4. The Kier molecular flexibility index (Phi) is 5.26. The van der Waals surface area contributed by atoms with Crippen LogP contribution in [0.2, 0.25) is 5.02 Å². The molecule has 1 atom stereocenters. The molecule has 1 aromatic carbocycles. The Morgan fingerprint density at radius 2 is 2.22 bits per heavy atom. The molecule has 0 aliphatic carbocycles. The summed E-state index contributed by atoms with van der Waals surface area (Å²) in [6.45, 7) is 1.80. The molecule has 2 amide bonds. The number of halogens is 1. The van der Waals surface area contributed by atoms with Crippen LogP contribution < -0.4 is 16.4 Å². The zero-order chi connectivity index (χ0) is 13.5. The van der Waals surface area contributed by atoms with Gasteiger partial charge in [0, 0.05) is 0 Å². The van der Waals surface area contributed by atoms with Crippen molar-refractivity contribution in [3.8, 4) is 0 Å².